The number of likely N-dealkylation sites (N-methyl/N-ethyl adjacent to an activating group) is 1. The van der Waals surface area contributed by atoms with Crippen molar-refractivity contribution < 1.29 is 18.0 Å². The van der Waals surface area contributed by atoms with Gasteiger partial charge in [-0.25, -0.2) is 8.42 Å². The second-order valence-electron chi connectivity index (χ2n) is 7.21. The highest BCUT2D eigenvalue weighted by molar-refractivity contribution is 9.10. The van der Waals surface area contributed by atoms with Crippen LogP contribution in [0.3, 0.4) is 0 Å². The van der Waals surface area contributed by atoms with E-state index in [1.165, 1.54) is 17.0 Å². The zero-order valence-electron chi connectivity index (χ0n) is 18.1. The standard InChI is InChI=1S/C21H23BrCl3N3O4S/c1-4-26-21(30)13(2)27(11-14-6-5-7-15(22)8-14)20(29)12-28(33(3,31)32)19-10-17(24)16(23)9-18(19)25/h5-10,13H,4,11-12H2,1-3H3,(H,26,30)/t13-/m1/s1. The van der Waals surface area contributed by atoms with Crippen LogP contribution in [0.1, 0.15) is 19.4 Å². The van der Waals surface area contributed by atoms with E-state index in [1.807, 2.05) is 12.1 Å². The summed E-state index contributed by atoms with van der Waals surface area (Å²) in [6, 6.07) is 8.99. The highest BCUT2D eigenvalue weighted by Gasteiger charge is 2.31. The fourth-order valence-electron chi connectivity index (χ4n) is 3.03. The lowest BCUT2D eigenvalue weighted by molar-refractivity contribution is -0.139. The van der Waals surface area contributed by atoms with E-state index in [0.29, 0.717) is 6.54 Å². The van der Waals surface area contributed by atoms with E-state index in [2.05, 4.69) is 21.2 Å². The fourth-order valence-corrected chi connectivity index (χ4v) is 5.03. The maximum Gasteiger partial charge on any atom is 0.244 e. The molecule has 7 nitrogen and oxygen atoms in total. The van der Waals surface area contributed by atoms with Crippen LogP contribution in [0.5, 0.6) is 0 Å². The average Bonchev–Trinajstić information content (AvgIpc) is 2.72. The maximum atomic E-state index is 13.4. The molecule has 0 spiro atoms. The van der Waals surface area contributed by atoms with Crippen molar-refractivity contribution in [3.8, 4) is 0 Å². The quantitative estimate of drug-likeness (QED) is 0.423. The van der Waals surface area contributed by atoms with Crippen LogP contribution >= 0.6 is 50.7 Å². The minimum absolute atomic E-state index is 0.00925. The fraction of sp³-hybridized carbons (Fsp3) is 0.333. The second kappa shape index (κ2) is 11.8. The minimum atomic E-state index is -3.94. The van der Waals surface area contributed by atoms with Crippen molar-refractivity contribution in [1.29, 1.82) is 0 Å². The van der Waals surface area contributed by atoms with Gasteiger partial charge in [0, 0.05) is 17.6 Å². The molecule has 1 N–H and O–H groups in total. The number of nitrogens with zero attached hydrogens (tertiary/aromatic N) is 2. The average molecular weight is 600 g/mol. The van der Waals surface area contributed by atoms with Crippen LogP contribution in [-0.2, 0) is 26.2 Å². The normalized spacial score (nSPS) is 12.2. The summed E-state index contributed by atoms with van der Waals surface area (Å²) in [6.45, 7) is 3.23. The molecule has 0 radical (unpaired) electrons. The molecule has 2 aromatic carbocycles. The largest absolute Gasteiger partial charge is 0.355 e. The van der Waals surface area contributed by atoms with Gasteiger partial charge in [-0.1, -0.05) is 62.9 Å². The lowest BCUT2D eigenvalue weighted by atomic mass is 10.1. The Morgan fingerprint density at radius 2 is 1.73 bits per heavy atom. The van der Waals surface area contributed by atoms with Crippen LogP contribution in [-0.4, -0.2) is 50.5 Å². The second-order valence-corrected chi connectivity index (χ2v) is 11.3. The molecule has 0 unspecified atom stereocenters. The molecule has 0 heterocycles. The van der Waals surface area contributed by atoms with Crippen molar-refractivity contribution in [2.75, 3.05) is 23.7 Å². The van der Waals surface area contributed by atoms with Crippen LogP contribution < -0.4 is 9.62 Å². The van der Waals surface area contributed by atoms with Crippen molar-refractivity contribution in [2.45, 2.75) is 26.4 Å². The van der Waals surface area contributed by atoms with Crippen LogP contribution in [0.15, 0.2) is 40.9 Å². The molecule has 0 saturated heterocycles. The van der Waals surface area contributed by atoms with Crippen LogP contribution in [0.4, 0.5) is 5.69 Å². The smallest absolute Gasteiger partial charge is 0.244 e. The Morgan fingerprint density at radius 3 is 2.30 bits per heavy atom. The topological polar surface area (TPSA) is 86.8 Å². The van der Waals surface area contributed by atoms with Crippen molar-refractivity contribution in [2.24, 2.45) is 0 Å². The van der Waals surface area contributed by atoms with Gasteiger partial charge in [0.2, 0.25) is 21.8 Å². The number of halogens is 4. The van der Waals surface area contributed by atoms with E-state index >= 15 is 0 Å². The van der Waals surface area contributed by atoms with Gasteiger partial charge >= 0.3 is 0 Å². The van der Waals surface area contributed by atoms with Gasteiger partial charge in [0.25, 0.3) is 0 Å². The van der Waals surface area contributed by atoms with E-state index in [-0.39, 0.29) is 33.2 Å². The number of rotatable bonds is 9. The molecule has 0 aliphatic rings. The zero-order valence-corrected chi connectivity index (χ0v) is 22.8. The number of hydrogen-bond donors (Lipinski definition) is 1. The number of amides is 2. The van der Waals surface area contributed by atoms with Crippen molar-refractivity contribution in [3.05, 3.63) is 61.5 Å². The summed E-state index contributed by atoms with van der Waals surface area (Å²) in [7, 11) is -3.94. The van der Waals surface area contributed by atoms with E-state index in [9.17, 15) is 18.0 Å². The van der Waals surface area contributed by atoms with Gasteiger partial charge in [0.05, 0.1) is 27.0 Å². The molecule has 2 rings (SSSR count). The summed E-state index contributed by atoms with van der Waals surface area (Å²) in [5.74, 6) is -0.958. The predicted molar refractivity (Wildman–Crippen MR) is 136 cm³/mol. The molecule has 0 aliphatic carbocycles. The molecule has 0 saturated carbocycles. The molecule has 1 atom stereocenters. The van der Waals surface area contributed by atoms with Crippen LogP contribution in [0, 0.1) is 0 Å². The first-order valence-corrected chi connectivity index (χ1v) is 13.6. The monoisotopic (exact) mass is 597 g/mol. The molecule has 0 aromatic heterocycles. The molecule has 180 valence electrons. The van der Waals surface area contributed by atoms with Gasteiger partial charge < -0.3 is 10.2 Å². The predicted octanol–water partition coefficient (Wildman–Crippen LogP) is 4.73. The van der Waals surface area contributed by atoms with E-state index < -0.39 is 28.5 Å². The van der Waals surface area contributed by atoms with E-state index in [4.69, 9.17) is 34.8 Å². The van der Waals surface area contributed by atoms with Crippen molar-refractivity contribution in [3.63, 3.8) is 0 Å². The first kappa shape index (κ1) is 27.7. The molecule has 0 fully saturated rings. The molecule has 33 heavy (non-hydrogen) atoms. The van der Waals surface area contributed by atoms with Gasteiger partial charge in [-0.2, -0.15) is 0 Å². The van der Waals surface area contributed by atoms with Gasteiger partial charge in [0.15, 0.2) is 0 Å². The molecule has 12 heteroatoms. The summed E-state index contributed by atoms with van der Waals surface area (Å²) in [6.07, 6.45) is 0.949. The third kappa shape index (κ3) is 7.48. The number of anilines is 1. The Kier molecular flexibility index (Phi) is 9.87. The Labute approximate surface area is 217 Å². The highest BCUT2D eigenvalue weighted by atomic mass is 79.9. The number of carbonyl (C=O) groups is 2. The summed E-state index contributed by atoms with van der Waals surface area (Å²) < 4.78 is 26.8. The lowest BCUT2D eigenvalue weighted by Gasteiger charge is -2.31. The summed E-state index contributed by atoms with van der Waals surface area (Å²) in [5.41, 5.74) is 0.766. The number of carbonyl (C=O) groups excluding carboxylic acids is 2. The number of hydrogen-bond acceptors (Lipinski definition) is 4. The van der Waals surface area contributed by atoms with E-state index in [0.717, 1.165) is 20.6 Å². The number of nitrogens with one attached hydrogen (secondary N) is 1. The summed E-state index contributed by atoms with van der Waals surface area (Å²) >= 11 is 21.6. The molecule has 2 amide bonds. The Morgan fingerprint density at radius 1 is 1.09 bits per heavy atom. The van der Waals surface area contributed by atoms with Gasteiger partial charge in [0.1, 0.15) is 12.6 Å². The van der Waals surface area contributed by atoms with Crippen LogP contribution in [0.2, 0.25) is 15.1 Å². The van der Waals surface area contributed by atoms with Crippen LogP contribution in [0.25, 0.3) is 0 Å². The first-order valence-electron chi connectivity index (χ1n) is 9.79. The van der Waals surface area contributed by atoms with Gasteiger partial charge in [-0.3, -0.25) is 13.9 Å². The summed E-state index contributed by atoms with van der Waals surface area (Å²) in [4.78, 5) is 27.3. The maximum absolute atomic E-state index is 13.4. The zero-order chi connectivity index (χ0) is 24.9. The molecular formula is C21H23BrCl3N3O4S. The molecule has 2 aromatic rings. The Balaban J connectivity index is 2.46. The molecular weight excluding hydrogens is 577 g/mol. The van der Waals surface area contributed by atoms with Gasteiger partial charge in [-0.15, -0.1) is 0 Å². The minimum Gasteiger partial charge on any atom is -0.355 e. The SMILES string of the molecule is CCNC(=O)[C@@H](C)N(Cc1cccc(Br)c1)C(=O)CN(c1cc(Cl)c(Cl)cc1Cl)S(C)(=O)=O. The third-order valence-electron chi connectivity index (χ3n) is 4.70. The van der Waals surface area contributed by atoms with Crippen molar-refractivity contribution in [1.82, 2.24) is 10.2 Å². The molecule has 0 bridgehead atoms. The molecule has 0 aliphatic heterocycles. The van der Waals surface area contributed by atoms with E-state index in [1.54, 1.807) is 26.0 Å². The van der Waals surface area contributed by atoms with Crippen molar-refractivity contribution >= 4 is 78.3 Å². The summed E-state index contributed by atoms with van der Waals surface area (Å²) in [5, 5.41) is 2.93. The lowest BCUT2D eigenvalue weighted by Crippen LogP contribution is -2.51. The Hall–Kier alpha value is -1.52. The first-order chi connectivity index (χ1) is 15.3. The third-order valence-corrected chi connectivity index (χ3v) is 7.34. The number of sulfonamides is 1. The highest BCUT2D eigenvalue weighted by Crippen LogP contribution is 2.35. The number of benzene rings is 2. The Bertz CT molecular complexity index is 1150. The van der Waals surface area contributed by atoms with Gasteiger partial charge in [-0.05, 0) is 43.7 Å².